The Hall–Kier alpha value is -6.80. The number of aliphatic hydroxyl groups excluding tert-OH is 2. The summed E-state index contributed by atoms with van der Waals surface area (Å²) in [6.07, 6.45) is -4.98. The van der Waals surface area contributed by atoms with Gasteiger partial charge in [0.1, 0.15) is 23.9 Å². The third-order valence-corrected chi connectivity index (χ3v) is 14.4. The van der Waals surface area contributed by atoms with E-state index in [0.29, 0.717) is 5.56 Å². The van der Waals surface area contributed by atoms with E-state index in [0.717, 1.165) is 27.7 Å². The van der Waals surface area contributed by atoms with E-state index in [4.69, 9.17) is 43.5 Å². The third kappa shape index (κ3) is 13.6. The first kappa shape index (κ1) is 61.7. The summed E-state index contributed by atoms with van der Waals surface area (Å²) in [6, 6.07) is 22.9. The van der Waals surface area contributed by atoms with Crippen LogP contribution in [0, 0.1) is 16.7 Å². The lowest BCUT2D eigenvalue weighted by Crippen LogP contribution is -2.82. The predicted octanol–water partition coefficient (Wildman–Crippen LogP) is 6.50. The molecule has 11 atom stereocenters. The minimum atomic E-state index is -2.39. The van der Waals surface area contributed by atoms with Crippen molar-refractivity contribution >= 4 is 47.5 Å². The molecule has 19 heteroatoms. The summed E-state index contributed by atoms with van der Waals surface area (Å²) < 4.78 is 30.3. The lowest BCUT2D eigenvalue weighted by Gasteiger charge is -2.67. The molecule has 3 aromatic carbocycles. The van der Waals surface area contributed by atoms with Gasteiger partial charge in [-0.1, -0.05) is 120 Å². The number of esters is 4. The summed E-state index contributed by atoms with van der Waals surface area (Å²) in [4.78, 5) is 101. The van der Waals surface area contributed by atoms with Crippen LogP contribution in [0.1, 0.15) is 140 Å². The maximum absolute atomic E-state index is 15.5. The van der Waals surface area contributed by atoms with E-state index in [1.807, 2.05) is 0 Å². The highest BCUT2D eigenvalue weighted by Crippen LogP contribution is 2.64. The maximum Gasteiger partial charge on any atom is 0.338 e. The number of Topliss-reactive ketones (excluding diaryl/α,β-unsaturated/α-hetero) is 1. The number of amides is 1. The van der Waals surface area contributed by atoms with Crippen LogP contribution in [0.3, 0.4) is 0 Å². The minimum absolute atomic E-state index is 0.00289. The van der Waals surface area contributed by atoms with Crippen LogP contribution in [-0.2, 0) is 52.5 Å². The molecule has 6 N–H and O–H groups in total. The van der Waals surface area contributed by atoms with Gasteiger partial charge in [-0.25, -0.2) is 9.59 Å². The lowest BCUT2D eigenvalue weighted by atomic mass is 9.44. The number of carboxylic acids is 2. The smallest absolute Gasteiger partial charge is 0.338 e. The molecule has 76 heavy (non-hydrogen) atoms. The summed E-state index contributed by atoms with van der Waals surface area (Å²) in [7, 11) is 0. The van der Waals surface area contributed by atoms with E-state index in [9.17, 15) is 39.3 Å². The number of fused-ring (bicyclic) bond motifs is 5. The quantitative estimate of drug-likeness (QED) is 0.0460. The van der Waals surface area contributed by atoms with Crippen molar-refractivity contribution in [1.82, 2.24) is 5.32 Å². The van der Waals surface area contributed by atoms with Gasteiger partial charge in [0.2, 0.25) is 0 Å². The lowest BCUT2D eigenvalue weighted by molar-refractivity contribution is -0.346. The zero-order valence-electron chi connectivity index (χ0n) is 44.8. The standard InChI is InChI=1S/C47H51NO14.C6H14.2C2H4O2/c1-25-31(60-43(56)36(52)35(28-16-10-7-11-17-28)48-41(54)29-18-12-8-13-19-29)23-47(57)40(61-42(55)30-20-14-9-15-21-30)38-45(6,32(51)22-33-46(38,24-58-33)62-27(3)50)39(53)37(59-26(2)49)34(25)44(47,4)5;1-3-5-6-4-2;2*1-2(3)4/h7-21,31-33,35-38,40,51-52,57H,22-24H2,1-6H3,(H,48,54);3-6H2,1-2H3;2*1H3,(H,3,4)/t31-,32-,33+,35-,36+,37+,38-,40-,45+,46-,47+;;;/m0.../s1. The van der Waals surface area contributed by atoms with Gasteiger partial charge >= 0.3 is 23.9 Å². The number of unbranched alkanes of at least 4 members (excludes halogenated alkanes) is 3. The van der Waals surface area contributed by atoms with Crippen molar-refractivity contribution < 1.29 is 87.6 Å². The molecular formula is C57H73NO18. The highest BCUT2D eigenvalue weighted by atomic mass is 16.6. The van der Waals surface area contributed by atoms with Gasteiger partial charge in [-0.05, 0) is 54.8 Å². The maximum atomic E-state index is 15.5. The Morgan fingerprint density at radius 1 is 0.750 bits per heavy atom. The number of carboxylic acid groups (broad SMARTS) is 2. The number of benzene rings is 3. The summed E-state index contributed by atoms with van der Waals surface area (Å²) in [5.74, 6) is -8.51. The second kappa shape index (κ2) is 26.3. The fourth-order valence-electron chi connectivity index (χ4n) is 10.7. The highest BCUT2D eigenvalue weighted by molar-refractivity contribution is 5.96. The van der Waals surface area contributed by atoms with Crippen molar-refractivity contribution in [2.24, 2.45) is 16.7 Å². The minimum Gasteiger partial charge on any atom is -0.481 e. The summed E-state index contributed by atoms with van der Waals surface area (Å²) in [5, 5.41) is 55.1. The van der Waals surface area contributed by atoms with Crippen LogP contribution >= 0.6 is 0 Å². The Morgan fingerprint density at radius 2 is 1.25 bits per heavy atom. The van der Waals surface area contributed by atoms with Crippen molar-refractivity contribution in [3.05, 3.63) is 119 Å². The third-order valence-electron chi connectivity index (χ3n) is 14.4. The predicted molar refractivity (Wildman–Crippen MR) is 274 cm³/mol. The van der Waals surface area contributed by atoms with E-state index >= 15 is 4.79 Å². The number of carbonyl (C=O) groups excluding carboxylic acids is 6. The topological polar surface area (TPSA) is 296 Å². The molecule has 0 aromatic heterocycles. The van der Waals surface area contributed by atoms with E-state index in [1.165, 1.54) is 51.7 Å². The van der Waals surface area contributed by atoms with Crippen molar-refractivity contribution in [2.75, 3.05) is 6.61 Å². The molecule has 414 valence electrons. The molecule has 3 fully saturated rings. The molecule has 1 aliphatic heterocycles. The average Bonchev–Trinajstić information content (AvgIpc) is 3.36. The molecule has 1 saturated heterocycles. The number of aliphatic carboxylic acids is 2. The second-order valence-corrected chi connectivity index (χ2v) is 20.1. The van der Waals surface area contributed by atoms with Crippen LogP contribution in [0.2, 0.25) is 0 Å². The normalized spacial score (nSPS) is 27.4. The zero-order chi connectivity index (χ0) is 56.9. The van der Waals surface area contributed by atoms with Crippen molar-refractivity contribution in [3.8, 4) is 0 Å². The SMILES string of the molecule is CC(=O)O.CC(=O)O.CC(=O)O[C@H]1C(=O)[C@@]2(C)[C@H]([C@H](OC(=O)c3ccccc3)[C@]3(O)C[C@H](OC(=O)[C@H](O)[C@@H](NC(=O)c4ccccc4)c4ccccc4)C(C)=C1C3(C)C)[C@]1(OC(C)=O)CO[C@@H]1C[C@@H]2O.CCCCCC. The summed E-state index contributed by atoms with van der Waals surface area (Å²) in [5.41, 5.74) is -7.02. The molecule has 3 aromatic rings. The van der Waals surface area contributed by atoms with E-state index < -0.39 is 125 Å². The molecule has 7 rings (SSSR count). The first-order valence-electron chi connectivity index (χ1n) is 25.2. The van der Waals surface area contributed by atoms with Crippen LogP contribution in [0.25, 0.3) is 0 Å². The number of ether oxygens (including phenoxy) is 5. The fourth-order valence-corrected chi connectivity index (χ4v) is 10.7. The molecule has 2 saturated carbocycles. The van der Waals surface area contributed by atoms with Crippen molar-refractivity contribution in [1.29, 1.82) is 0 Å². The van der Waals surface area contributed by atoms with E-state index in [-0.39, 0.29) is 35.3 Å². The molecule has 1 heterocycles. The Balaban J connectivity index is 0.000000792. The zero-order valence-corrected chi connectivity index (χ0v) is 44.8. The Labute approximate surface area is 442 Å². The number of ketones is 1. The van der Waals surface area contributed by atoms with Crippen LogP contribution in [0.5, 0.6) is 0 Å². The molecule has 4 aliphatic rings. The monoisotopic (exact) mass is 1060 g/mol. The molecule has 2 bridgehead atoms. The van der Waals surface area contributed by atoms with Crippen molar-refractivity contribution in [3.63, 3.8) is 0 Å². The molecule has 1 amide bonds. The summed E-state index contributed by atoms with van der Waals surface area (Å²) in [6.45, 7) is 14.6. The molecular weight excluding hydrogens is 987 g/mol. The molecule has 0 spiro atoms. The van der Waals surface area contributed by atoms with Gasteiger partial charge in [0.15, 0.2) is 23.6 Å². The Kier molecular flexibility index (Phi) is 21.4. The fraction of sp³-hybridized carbons (Fsp3) is 0.509. The second-order valence-electron chi connectivity index (χ2n) is 20.1. The number of nitrogens with one attached hydrogen (secondary N) is 1. The first-order chi connectivity index (χ1) is 35.7. The largest absolute Gasteiger partial charge is 0.481 e. The van der Waals surface area contributed by atoms with Crippen LogP contribution < -0.4 is 5.32 Å². The van der Waals surface area contributed by atoms with Crippen molar-refractivity contribution in [2.45, 2.75) is 162 Å². The van der Waals surface area contributed by atoms with Gasteiger partial charge in [-0.3, -0.25) is 28.8 Å². The number of hydrogen-bond acceptors (Lipinski definition) is 16. The van der Waals surface area contributed by atoms with E-state index in [1.54, 1.807) is 92.7 Å². The average molecular weight is 1060 g/mol. The number of aliphatic hydroxyl groups is 3. The summed E-state index contributed by atoms with van der Waals surface area (Å²) >= 11 is 0. The molecule has 3 aliphatic carbocycles. The van der Waals surface area contributed by atoms with Gasteiger partial charge in [-0.15, -0.1) is 0 Å². The number of hydrogen-bond donors (Lipinski definition) is 6. The van der Waals surface area contributed by atoms with Gasteiger partial charge in [0.05, 0.1) is 35.6 Å². The van der Waals surface area contributed by atoms with Gasteiger partial charge in [-0.2, -0.15) is 0 Å². The van der Waals surface area contributed by atoms with Gasteiger partial charge in [0.25, 0.3) is 17.8 Å². The molecule has 0 radical (unpaired) electrons. The molecule has 19 nitrogen and oxygen atoms in total. The van der Waals surface area contributed by atoms with Crippen LogP contribution in [-0.4, -0.2) is 127 Å². The highest BCUT2D eigenvalue weighted by Gasteiger charge is 2.78. The van der Waals surface area contributed by atoms with Crippen LogP contribution in [0.15, 0.2) is 102 Å². The van der Waals surface area contributed by atoms with Gasteiger partial charge < -0.3 is 54.5 Å². The number of rotatable bonds is 13. The Bertz CT molecular complexity index is 2540. The Morgan fingerprint density at radius 3 is 1.71 bits per heavy atom. The van der Waals surface area contributed by atoms with Crippen LogP contribution in [0.4, 0.5) is 0 Å². The first-order valence-corrected chi connectivity index (χ1v) is 25.2. The molecule has 0 unspecified atom stereocenters. The van der Waals surface area contributed by atoms with E-state index in [2.05, 4.69) is 19.2 Å². The number of carbonyl (C=O) groups is 8. The van der Waals surface area contributed by atoms with Gasteiger partial charge in [0, 0.05) is 51.5 Å².